The number of hydrogen-bond donors (Lipinski definition) is 0. The van der Waals surface area contributed by atoms with E-state index in [-0.39, 0.29) is 11.3 Å². The summed E-state index contributed by atoms with van der Waals surface area (Å²) in [4.78, 5) is 25.7. The van der Waals surface area contributed by atoms with Crippen LogP contribution in [0.3, 0.4) is 0 Å². The fourth-order valence-electron chi connectivity index (χ4n) is 0.862. The quantitative estimate of drug-likeness (QED) is 0.503. The summed E-state index contributed by atoms with van der Waals surface area (Å²) in [6.07, 6.45) is 2.77. The Morgan fingerprint density at radius 3 is 2.46 bits per heavy atom. The number of carbonyl (C=O) groups is 2. The minimum absolute atomic E-state index is 0.127. The van der Waals surface area contributed by atoms with Gasteiger partial charge in [0.15, 0.2) is 5.78 Å². The molecule has 13 heavy (non-hydrogen) atoms. The van der Waals surface area contributed by atoms with Gasteiger partial charge in [-0.25, -0.2) is 4.79 Å². The van der Waals surface area contributed by atoms with Crippen LogP contribution in [0.4, 0.5) is 0 Å². The second-order valence-electron chi connectivity index (χ2n) is 2.51. The van der Waals surface area contributed by atoms with Crippen molar-refractivity contribution in [3.63, 3.8) is 0 Å². The van der Waals surface area contributed by atoms with E-state index in [0.29, 0.717) is 5.56 Å². The average molecular weight is 179 g/mol. The SMILES string of the molecule is COC(=O)c1cncc(C(C)=O)c1. The lowest BCUT2D eigenvalue weighted by molar-refractivity contribution is 0.0600. The van der Waals surface area contributed by atoms with Crippen LogP contribution in [0.5, 0.6) is 0 Å². The molecule has 0 saturated carbocycles. The molecule has 4 heteroatoms. The van der Waals surface area contributed by atoms with E-state index in [2.05, 4.69) is 9.72 Å². The molecule has 0 aromatic carbocycles. The fraction of sp³-hybridized carbons (Fsp3) is 0.222. The predicted molar refractivity (Wildman–Crippen MR) is 45.6 cm³/mol. The molecule has 1 rings (SSSR count). The van der Waals surface area contributed by atoms with Gasteiger partial charge in [0.1, 0.15) is 0 Å². The molecule has 0 saturated heterocycles. The number of ketones is 1. The zero-order chi connectivity index (χ0) is 9.84. The molecule has 0 bridgehead atoms. The van der Waals surface area contributed by atoms with E-state index in [1.807, 2.05) is 0 Å². The molecule has 0 amide bonds. The molecule has 4 nitrogen and oxygen atoms in total. The van der Waals surface area contributed by atoms with Gasteiger partial charge in [0.25, 0.3) is 0 Å². The minimum atomic E-state index is -0.490. The summed E-state index contributed by atoms with van der Waals surface area (Å²) in [5, 5.41) is 0. The van der Waals surface area contributed by atoms with Crippen LogP contribution in [-0.2, 0) is 4.74 Å². The third-order valence-electron chi connectivity index (χ3n) is 1.57. The molecule has 0 fully saturated rings. The molecule has 0 N–H and O–H groups in total. The standard InChI is InChI=1S/C9H9NO3/c1-6(11)7-3-8(5-10-4-7)9(12)13-2/h3-5H,1-2H3. The van der Waals surface area contributed by atoms with Gasteiger partial charge < -0.3 is 4.74 Å². The zero-order valence-corrected chi connectivity index (χ0v) is 7.40. The summed E-state index contributed by atoms with van der Waals surface area (Å²) in [6, 6.07) is 1.46. The fourth-order valence-corrected chi connectivity index (χ4v) is 0.862. The maximum atomic E-state index is 11.0. The van der Waals surface area contributed by atoms with Gasteiger partial charge in [0.05, 0.1) is 12.7 Å². The van der Waals surface area contributed by atoms with Crippen molar-refractivity contribution < 1.29 is 14.3 Å². The van der Waals surface area contributed by atoms with Gasteiger partial charge in [-0.3, -0.25) is 9.78 Å². The van der Waals surface area contributed by atoms with Crippen molar-refractivity contribution in [2.24, 2.45) is 0 Å². The van der Waals surface area contributed by atoms with Crippen LogP contribution in [0.2, 0.25) is 0 Å². The highest BCUT2D eigenvalue weighted by molar-refractivity contribution is 5.97. The molecule has 68 valence electrons. The van der Waals surface area contributed by atoms with Crippen molar-refractivity contribution in [2.75, 3.05) is 7.11 Å². The van der Waals surface area contributed by atoms with Crippen molar-refractivity contribution in [3.05, 3.63) is 29.6 Å². The molecule has 0 aliphatic heterocycles. The van der Waals surface area contributed by atoms with Gasteiger partial charge >= 0.3 is 5.97 Å². The highest BCUT2D eigenvalue weighted by Gasteiger charge is 2.07. The topological polar surface area (TPSA) is 56.3 Å². The Balaban J connectivity index is 3.05. The number of hydrogen-bond acceptors (Lipinski definition) is 4. The minimum Gasteiger partial charge on any atom is -0.465 e. The molecule has 1 aromatic rings. The molecule has 1 heterocycles. The summed E-state index contributed by atoms with van der Waals surface area (Å²) < 4.78 is 4.48. The first kappa shape index (κ1) is 9.38. The lowest BCUT2D eigenvalue weighted by Gasteiger charge is -1.99. The Hall–Kier alpha value is -1.71. The smallest absolute Gasteiger partial charge is 0.339 e. The van der Waals surface area contributed by atoms with Crippen LogP contribution < -0.4 is 0 Å². The Morgan fingerprint density at radius 2 is 1.92 bits per heavy atom. The lowest BCUT2D eigenvalue weighted by Crippen LogP contribution is -2.04. The molecular weight excluding hydrogens is 170 g/mol. The first-order valence-electron chi connectivity index (χ1n) is 3.69. The first-order valence-corrected chi connectivity index (χ1v) is 3.69. The van der Waals surface area contributed by atoms with E-state index < -0.39 is 5.97 Å². The summed E-state index contributed by atoms with van der Waals surface area (Å²) in [7, 11) is 1.28. The number of ether oxygens (including phenoxy) is 1. The van der Waals surface area contributed by atoms with Crippen LogP contribution in [0.1, 0.15) is 27.6 Å². The molecule has 1 aromatic heterocycles. The van der Waals surface area contributed by atoms with Crippen LogP contribution in [0.15, 0.2) is 18.5 Å². The summed E-state index contributed by atoms with van der Waals surface area (Å²) >= 11 is 0. The van der Waals surface area contributed by atoms with Crippen LogP contribution >= 0.6 is 0 Å². The number of carbonyl (C=O) groups excluding carboxylic acids is 2. The van der Waals surface area contributed by atoms with E-state index in [1.54, 1.807) is 0 Å². The Labute approximate surface area is 75.5 Å². The van der Waals surface area contributed by atoms with Crippen LogP contribution in [0.25, 0.3) is 0 Å². The van der Waals surface area contributed by atoms with Gasteiger partial charge in [-0.1, -0.05) is 0 Å². The number of aromatic nitrogens is 1. The molecule has 0 radical (unpaired) electrons. The van der Waals surface area contributed by atoms with Gasteiger partial charge in [0, 0.05) is 18.0 Å². The largest absolute Gasteiger partial charge is 0.465 e. The van der Waals surface area contributed by atoms with Crippen LogP contribution in [0, 0.1) is 0 Å². The van der Waals surface area contributed by atoms with Gasteiger partial charge in [-0.2, -0.15) is 0 Å². The Kier molecular flexibility index (Phi) is 2.74. The second-order valence-corrected chi connectivity index (χ2v) is 2.51. The third-order valence-corrected chi connectivity index (χ3v) is 1.57. The highest BCUT2D eigenvalue weighted by atomic mass is 16.5. The molecule has 0 aliphatic carbocycles. The number of nitrogens with zero attached hydrogens (tertiary/aromatic N) is 1. The van der Waals surface area contributed by atoms with E-state index in [1.165, 1.54) is 32.5 Å². The van der Waals surface area contributed by atoms with Crippen LogP contribution in [-0.4, -0.2) is 23.8 Å². The van der Waals surface area contributed by atoms with Crippen molar-refractivity contribution >= 4 is 11.8 Å². The van der Waals surface area contributed by atoms with Crippen molar-refractivity contribution in [1.29, 1.82) is 0 Å². The average Bonchev–Trinajstić information content (AvgIpc) is 2.17. The summed E-state index contributed by atoms with van der Waals surface area (Å²) in [5.41, 5.74) is 0.693. The molecule has 0 aliphatic rings. The Bertz CT molecular complexity index is 346. The van der Waals surface area contributed by atoms with E-state index in [0.717, 1.165) is 0 Å². The van der Waals surface area contributed by atoms with E-state index >= 15 is 0 Å². The molecule has 0 atom stereocenters. The highest BCUT2D eigenvalue weighted by Crippen LogP contribution is 2.04. The van der Waals surface area contributed by atoms with Gasteiger partial charge in [-0.05, 0) is 13.0 Å². The van der Waals surface area contributed by atoms with Gasteiger partial charge in [0.2, 0.25) is 0 Å². The molecule has 0 spiro atoms. The zero-order valence-electron chi connectivity index (χ0n) is 7.40. The number of esters is 1. The predicted octanol–water partition coefficient (Wildman–Crippen LogP) is 1.07. The van der Waals surface area contributed by atoms with Crippen molar-refractivity contribution in [3.8, 4) is 0 Å². The molecular formula is C9H9NO3. The second kappa shape index (κ2) is 3.80. The Morgan fingerprint density at radius 1 is 1.31 bits per heavy atom. The summed E-state index contributed by atoms with van der Waals surface area (Å²) in [5.74, 6) is -0.617. The maximum Gasteiger partial charge on any atom is 0.339 e. The normalized spacial score (nSPS) is 9.38. The van der Waals surface area contributed by atoms with E-state index in [9.17, 15) is 9.59 Å². The monoisotopic (exact) mass is 179 g/mol. The number of Topliss-reactive ketones (excluding diaryl/α,β-unsaturated/α-hetero) is 1. The number of pyridine rings is 1. The number of methoxy groups -OCH3 is 1. The van der Waals surface area contributed by atoms with Crippen molar-refractivity contribution in [1.82, 2.24) is 4.98 Å². The first-order chi connectivity index (χ1) is 6.15. The summed E-state index contributed by atoms with van der Waals surface area (Å²) in [6.45, 7) is 1.41. The lowest BCUT2D eigenvalue weighted by atomic mass is 10.1. The number of rotatable bonds is 2. The third kappa shape index (κ3) is 2.11. The maximum absolute atomic E-state index is 11.0. The van der Waals surface area contributed by atoms with Gasteiger partial charge in [-0.15, -0.1) is 0 Å². The van der Waals surface area contributed by atoms with E-state index in [4.69, 9.17) is 0 Å². The molecule has 0 unspecified atom stereocenters. The van der Waals surface area contributed by atoms with Crippen molar-refractivity contribution in [2.45, 2.75) is 6.92 Å².